The van der Waals surface area contributed by atoms with Gasteiger partial charge in [0.1, 0.15) is 28.7 Å². The van der Waals surface area contributed by atoms with Gasteiger partial charge in [-0.3, -0.25) is 9.13 Å². The van der Waals surface area contributed by atoms with Gasteiger partial charge in [0.15, 0.2) is 5.82 Å². The number of aromatic nitrogens is 5. The van der Waals surface area contributed by atoms with Crippen LogP contribution in [-0.2, 0) is 16.1 Å². The molecule has 2 N–H and O–H groups in total. The number of imidazole rings is 1. The molecule has 13 heteroatoms. The number of halogens is 1. The molecule has 2 heterocycles. The van der Waals surface area contributed by atoms with Crippen LogP contribution in [0.1, 0.15) is 24.6 Å². The number of carboxylic acids is 1. The molecule has 172 valence electrons. The van der Waals surface area contributed by atoms with Crippen molar-refractivity contribution in [3.8, 4) is 11.6 Å². The van der Waals surface area contributed by atoms with Gasteiger partial charge in [0.2, 0.25) is 0 Å². The number of hydrogen-bond acceptors (Lipinski definition) is 8. The van der Waals surface area contributed by atoms with Gasteiger partial charge >= 0.3 is 11.7 Å². The largest absolute Gasteiger partial charge is 0.496 e. The highest BCUT2D eigenvalue weighted by molar-refractivity contribution is 7.80. The van der Waals surface area contributed by atoms with Crippen LogP contribution < -0.4 is 10.4 Å². The summed E-state index contributed by atoms with van der Waals surface area (Å²) < 4.78 is 27.1. The number of nitrogens with zero attached hydrogens (tertiary/aromatic N) is 5. The van der Waals surface area contributed by atoms with Crippen LogP contribution in [0, 0.1) is 5.82 Å². The summed E-state index contributed by atoms with van der Waals surface area (Å²) in [5.41, 5.74) is -0.399. The number of aliphatic carboxylic acids is 1. The Hall–Kier alpha value is -3.16. The first kappa shape index (κ1) is 23.5. The molecule has 0 amide bonds. The minimum atomic E-state index is -1.25. The Balaban J connectivity index is 2.15. The third-order valence-electron chi connectivity index (χ3n) is 4.77. The van der Waals surface area contributed by atoms with Crippen LogP contribution >= 0.6 is 12.6 Å². The molecule has 2 aromatic heterocycles. The SMILES string of the molecule is COc1ccc(F)cc1[C@@H](Cn1c(S)c(-n2nccn2)n(C(C)C(=O)O)c1=O)OCCO. The maximum Gasteiger partial charge on any atom is 0.331 e. The highest BCUT2D eigenvalue weighted by atomic mass is 32.1. The van der Waals surface area contributed by atoms with Crippen molar-refractivity contribution in [1.29, 1.82) is 0 Å². The van der Waals surface area contributed by atoms with E-state index in [0.29, 0.717) is 11.3 Å². The van der Waals surface area contributed by atoms with E-state index in [2.05, 4.69) is 22.8 Å². The molecular formula is C19H22FN5O6S. The number of ether oxygens (including phenoxy) is 2. The smallest absolute Gasteiger partial charge is 0.331 e. The summed E-state index contributed by atoms with van der Waals surface area (Å²) in [5.74, 6) is -1.43. The molecule has 11 nitrogen and oxygen atoms in total. The Bertz CT molecular complexity index is 1150. The number of aliphatic hydroxyl groups excluding tert-OH is 1. The molecule has 0 aliphatic carbocycles. The molecule has 0 aliphatic heterocycles. The van der Waals surface area contributed by atoms with E-state index >= 15 is 0 Å². The molecule has 2 atom stereocenters. The topological polar surface area (TPSA) is 134 Å². The molecule has 3 aromatic rings. The lowest BCUT2D eigenvalue weighted by atomic mass is 10.1. The third kappa shape index (κ3) is 4.54. The van der Waals surface area contributed by atoms with E-state index in [1.165, 1.54) is 49.2 Å². The van der Waals surface area contributed by atoms with Crippen LogP contribution in [0.4, 0.5) is 4.39 Å². The number of rotatable bonds is 10. The van der Waals surface area contributed by atoms with Crippen molar-refractivity contribution in [3.05, 3.63) is 52.5 Å². The molecule has 0 fully saturated rings. The van der Waals surface area contributed by atoms with Gasteiger partial charge in [0.05, 0.1) is 39.3 Å². The van der Waals surface area contributed by atoms with Gasteiger partial charge in [-0.05, 0) is 25.1 Å². The van der Waals surface area contributed by atoms with Crippen LogP contribution in [0.3, 0.4) is 0 Å². The second-order valence-electron chi connectivity index (χ2n) is 6.71. The van der Waals surface area contributed by atoms with Crippen LogP contribution in [0.15, 0.2) is 40.4 Å². The zero-order chi connectivity index (χ0) is 23.4. The normalized spacial score (nSPS) is 13.2. The number of aliphatic hydroxyl groups is 1. The molecule has 1 unspecified atom stereocenters. The van der Waals surface area contributed by atoms with Gasteiger partial charge in [-0.25, -0.2) is 14.0 Å². The number of hydrogen-bond donors (Lipinski definition) is 3. The lowest BCUT2D eigenvalue weighted by Crippen LogP contribution is -2.32. The summed E-state index contributed by atoms with van der Waals surface area (Å²) in [6.07, 6.45) is 1.82. The first-order valence-electron chi connectivity index (χ1n) is 9.49. The van der Waals surface area contributed by atoms with Gasteiger partial charge in [-0.2, -0.15) is 10.2 Å². The summed E-state index contributed by atoms with van der Waals surface area (Å²) >= 11 is 4.44. The maximum absolute atomic E-state index is 14.0. The Morgan fingerprint density at radius 1 is 1.31 bits per heavy atom. The summed E-state index contributed by atoms with van der Waals surface area (Å²) in [5, 5.41) is 26.8. The Kier molecular flexibility index (Phi) is 7.33. The van der Waals surface area contributed by atoms with E-state index in [-0.39, 0.29) is 30.6 Å². The van der Waals surface area contributed by atoms with E-state index in [0.717, 1.165) is 9.36 Å². The van der Waals surface area contributed by atoms with Crippen molar-refractivity contribution in [2.45, 2.75) is 30.6 Å². The van der Waals surface area contributed by atoms with Gasteiger partial charge in [0.25, 0.3) is 0 Å². The van der Waals surface area contributed by atoms with E-state index in [9.17, 15) is 24.2 Å². The van der Waals surface area contributed by atoms with Crippen LogP contribution in [0.5, 0.6) is 5.75 Å². The van der Waals surface area contributed by atoms with Crippen LogP contribution in [-0.4, -0.2) is 60.6 Å². The van der Waals surface area contributed by atoms with Crippen LogP contribution in [0.25, 0.3) is 5.82 Å². The van der Waals surface area contributed by atoms with Crippen molar-refractivity contribution >= 4 is 18.6 Å². The number of benzene rings is 1. The molecule has 0 saturated carbocycles. The fourth-order valence-electron chi connectivity index (χ4n) is 3.23. The third-order valence-corrected chi connectivity index (χ3v) is 5.21. The molecule has 0 aliphatic rings. The molecule has 1 aromatic carbocycles. The quantitative estimate of drug-likeness (QED) is 0.377. The lowest BCUT2D eigenvalue weighted by molar-refractivity contribution is -0.140. The minimum absolute atomic E-state index is 0.0466. The maximum atomic E-state index is 14.0. The molecule has 0 spiro atoms. The van der Waals surface area contributed by atoms with Crippen LogP contribution in [0.2, 0.25) is 0 Å². The number of carbonyl (C=O) groups is 1. The fourth-order valence-corrected chi connectivity index (χ4v) is 3.60. The Morgan fingerprint density at radius 3 is 2.59 bits per heavy atom. The predicted molar refractivity (Wildman–Crippen MR) is 112 cm³/mol. The number of methoxy groups -OCH3 is 1. The first-order chi connectivity index (χ1) is 15.3. The molecule has 0 saturated heterocycles. The lowest BCUT2D eigenvalue weighted by Gasteiger charge is -2.21. The highest BCUT2D eigenvalue weighted by Crippen LogP contribution is 2.31. The van der Waals surface area contributed by atoms with Crippen molar-refractivity contribution in [1.82, 2.24) is 24.1 Å². The highest BCUT2D eigenvalue weighted by Gasteiger charge is 2.29. The first-order valence-corrected chi connectivity index (χ1v) is 9.94. The number of thiol groups is 1. The Morgan fingerprint density at radius 2 is 2.00 bits per heavy atom. The zero-order valence-electron chi connectivity index (χ0n) is 17.3. The molecular weight excluding hydrogens is 445 g/mol. The summed E-state index contributed by atoms with van der Waals surface area (Å²) in [4.78, 5) is 26.0. The van der Waals surface area contributed by atoms with E-state index in [4.69, 9.17) is 9.47 Å². The summed E-state index contributed by atoms with van der Waals surface area (Å²) in [6, 6.07) is 2.59. The van der Waals surface area contributed by atoms with Crippen molar-refractivity contribution in [3.63, 3.8) is 0 Å². The Labute approximate surface area is 187 Å². The van der Waals surface area contributed by atoms with E-state index in [1.54, 1.807) is 0 Å². The van der Waals surface area contributed by atoms with Gasteiger partial charge in [-0.1, -0.05) is 0 Å². The van der Waals surface area contributed by atoms with Crippen molar-refractivity contribution < 1.29 is 28.9 Å². The van der Waals surface area contributed by atoms with Gasteiger partial charge < -0.3 is 19.7 Å². The zero-order valence-corrected chi connectivity index (χ0v) is 18.1. The number of carboxylic acid groups (broad SMARTS) is 1. The average molecular weight is 467 g/mol. The van der Waals surface area contributed by atoms with E-state index < -0.39 is 29.6 Å². The molecule has 0 bridgehead atoms. The average Bonchev–Trinajstić information content (AvgIpc) is 3.37. The summed E-state index contributed by atoms with van der Waals surface area (Å²) in [7, 11) is 1.41. The van der Waals surface area contributed by atoms with E-state index in [1.807, 2.05) is 0 Å². The minimum Gasteiger partial charge on any atom is -0.496 e. The molecule has 32 heavy (non-hydrogen) atoms. The second-order valence-corrected chi connectivity index (χ2v) is 7.14. The molecule has 3 rings (SSSR count). The predicted octanol–water partition coefficient (Wildman–Crippen LogP) is 1.06. The summed E-state index contributed by atoms with van der Waals surface area (Å²) in [6.45, 7) is 0.756. The van der Waals surface area contributed by atoms with Gasteiger partial charge in [-0.15, -0.1) is 17.4 Å². The standard InChI is InChI=1S/C19H22FN5O6S/c1-11(18(27)28)24-16(25-21-5-6-22-25)17(32)23(19(24)29)10-15(31-8-7-26)13-9-12(20)3-4-14(13)30-2/h3-6,9,11,15,26,32H,7-8,10H2,1-2H3,(H,27,28)/t11?,15-/m1/s1. The molecule has 0 radical (unpaired) electrons. The second kappa shape index (κ2) is 9.97. The monoisotopic (exact) mass is 467 g/mol. The van der Waals surface area contributed by atoms with Gasteiger partial charge in [0, 0.05) is 5.56 Å². The van der Waals surface area contributed by atoms with Crippen molar-refractivity contribution in [2.24, 2.45) is 0 Å². The van der Waals surface area contributed by atoms with Crippen molar-refractivity contribution in [2.75, 3.05) is 20.3 Å². The fraction of sp³-hybridized carbons (Fsp3) is 0.368.